The summed E-state index contributed by atoms with van der Waals surface area (Å²) >= 11 is 5.83. The van der Waals surface area contributed by atoms with E-state index in [9.17, 15) is 4.79 Å². The van der Waals surface area contributed by atoms with Gasteiger partial charge in [-0.25, -0.2) is 0 Å². The standard InChI is InChI=1S/C10H11ClN2O/c11-7-3-1-6-2-4-8(12)10(14)13-9(6)5-7/h1,3,5,8H,2,4,12H2,(H,13,14). The normalized spacial score (nSPS) is 21.0. The van der Waals surface area contributed by atoms with Gasteiger partial charge in [0.1, 0.15) is 0 Å². The van der Waals surface area contributed by atoms with Gasteiger partial charge in [-0.3, -0.25) is 4.79 Å². The largest absolute Gasteiger partial charge is 0.324 e. The predicted molar refractivity (Wildman–Crippen MR) is 56.4 cm³/mol. The molecule has 1 aromatic carbocycles. The van der Waals surface area contributed by atoms with Crippen molar-refractivity contribution in [2.45, 2.75) is 18.9 Å². The monoisotopic (exact) mass is 210 g/mol. The van der Waals surface area contributed by atoms with Crippen LogP contribution in [0.5, 0.6) is 0 Å². The summed E-state index contributed by atoms with van der Waals surface area (Å²) in [5.41, 5.74) is 7.53. The van der Waals surface area contributed by atoms with Crippen molar-refractivity contribution < 1.29 is 4.79 Å². The van der Waals surface area contributed by atoms with Crippen LogP contribution < -0.4 is 11.1 Å². The van der Waals surface area contributed by atoms with Gasteiger partial charge in [0.15, 0.2) is 0 Å². The molecule has 1 aliphatic rings. The molecule has 0 bridgehead atoms. The molecule has 3 nitrogen and oxygen atoms in total. The zero-order valence-electron chi connectivity index (χ0n) is 7.59. The number of halogens is 1. The van der Waals surface area contributed by atoms with E-state index in [0.29, 0.717) is 11.4 Å². The van der Waals surface area contributed by atoms with Gasteiger partial charge in [0, 0.05) is 10.7 Å². The zero-order valence-corrected chi connectivity index (χ0v) is 8.34. The Bertz CT molecular complexity index is 378. The summed E-state index contributed by atoms with van der Waals surface area (Å²) in [6, 6.07) is 5.09. The van der Waals surface area contributed by atoms with Gasteiger partial charge in [0.05, 0.1) is 6.04 Å². The number of benzene rings is 1. The number of nitrogens with one attached hydrogen (secondary N) is 1. The number of fused-ring (bicyclic) bond motifs is 1. The van der Waals surface area contributed by atoms with Gasteiger partial charge in [0.25, 0.3) is 0 Å². The van der Waals surface area contributed by atoms with Crippen molar-refractivity contribution in [3.05, 3.63) is 28.8 Å². The molecule has 2 rings (SSSR count). The van der Waals surface area contributed by atoms with Crippen LogP contribution in [0, 0.1) is 0 Å². The van der Waals surface area contributed by atoms with Crippen LogP contribution in [0.4, 0.5) is 5.69 Å². The number of carbonyl (C=O) groups excluding carboxylic acids is 1. The second-order valence-corrected chi connectivity index (χ2v) is 3.87. The third-order valence-corrected chi connectivity index (χ3v) is 2.63. The molecule has 3 N–H and O–H groups in total. The summed E-state index contributed by atoms with van der Waals surface area (Å²) in [7, 11) is 0. The molecular weight excluding hydrogens is 200 g/mol. The lowest BCUT2D eigenvalue weighted by molar-refractivity contribution is -0.117. The first-order chi connectivity index (χ1) is 6.66. The minimum absolute atomic E-state index is 0.133. The van der Waals surface area contributed by atoms with Crippen molar-refractivity contribution >= 4 is 23.2 Å². The Labute approximate surface area is 87.2 Å². The molecule has 14 heavy (non-hydrogen) atoms. The Morgan fingerprint density at radius 1 is 1.50 bits per heavy atom. The molecule has 1 unspecified atom stereocenters. The average molecular weight is 211 g/mol. The third kappa shape index (κ3) is 1.74. The second-order valence-electron chi connectivity index (χ2n) is 3.44. The molecule has 0 radical (unpaired) electrons. The molecule has 0 aromatic heterocycles. The van der Waals surface area contributed by atoms with Crippen LogP contribution in [0.2, 0.25) is 5.02 Å². The molecule has 1 atom stereocenters. The third-order valence-electron chi connectivity index (χ3n) is 2.39. The van der Waals surface area contributed by atoms with Crippen LogP contribution in [-0.4, -0.2) is 11.9 Å². The minimum atomic E-state index is -0.416. The molecule has 0 spiro atoms. The van der Waals surface area contributed by atoms with Crippen LogP contribution in [-0.2, 0) is 11.2 Å². The number of aryl methyl sites for hydroxylation is 1. The molecule has 74 valence electrons. The highest BCUT2D eigenvalue weighted by atomic mass is 35.5. The summed E-state index contributed by atoms with van der Waals surface area (Å²) in [4.78, 5) is 11.4. The fraction of sp³-hybridized carbons (Fsp3) is 0.300. The van der Waals surface area contributed by atoms with E-state index >= 15 is 0 Å². The summed E-state index contributed by atoms with van der Waals surface area (Å²) in [6.45, 7) is 0. The molecule has 4 heteroatoms. The smallest absolute Gasteiger partial charge is 0.241 e. The van der Waals surface area contributed by atoms with Gasteiger partial charge in [0.2, 0.25) is 5.91 Å². The maximum Gasteiger partial charge on any atom is 0.241 e. The lowest BCUT2D eigenvalue weighted by atomic mass is 10.1. The molecule has 0 aliphatic carbocycles. The van der Waals surface area contributed by atoms with E-state index in [2.05, 4.69) is 5.32 Å². The quantitative estimate of drug-likeness (QED) is 0.683. The van der Waals surface area contributed by atoms with Gasteiger partial charge < -0.3 is 11.1 Å². The first kappa shape index (κ1) is 9.49. The molecule has 0 saturated carbocycles. The first-order valence-corrected chi connectivity index (χ1v) is 4.89. The van der Waals surface area contributed by atoms with Crippen molar-refractivity contribution in [2.75, 3.05) is 5.32 Å². The van der Waals surface area contributed by atoms with Gasteiger partial charge in [-0.15, -0.1) is 0 Å². The number of amides is 1. The van der Waals surface area contributed by atoms with E-state index < -0.39 is 6.04 Å². The molecule has 1 aliphatic heterocycles. The van der Waals surface area contributed by atoms with Crippen molar-refractivity contribution in [2.24, 2.45) is 5.73 Å². The van der Waals surface area contributed by atoms with Crippen molar-refractivity contribution in [1.29, 1.82) is 0 Å². The number of nitrogens with two attached hydrogens (primary N) is 1. The van der Waals surface area contributed by atoms with E-state index in [1.807, 2.05) is 12.1 Å². The molecule has 0 fully saturated rings. The van der Waals surface area contributed by atoms with Crippen molar-refractivity contribution in [3.8, 4) is 0 Å². The lowest BCUT2D eigenvalue weighted by Crippen LogP contribution is -2.34. The minimum Gasteiger partial charge on any atom is -0.324 e. The number of anilines is 1. The highest BCUT2D eigenvalue weighted by Gasteiger charge is 2.19. The van der Waals surface area contributed by atoms with Crippen LogP contribution in [0.1, 0.15) is 12.0 Å². The Balaban J connectivity index is 2.38. The topological polar surface area (TPSA) is 55.1 Å². The summed E-state index contributed by atoms with van der Waals surface area (Å²) in [5.74, 6) is -0.133. The fourth-order valence-electron chi connectivity index (χ4n) is 1.55. The highest BCUT2D eigenvalue weighted by molar-refractivity contribution is 6.31. The first-order valence-electron chi connectivity index (χ1n) is 4.51. The van der Waals surface area contributed by atoms with Crippen LogP contribution in [0.3, 0.4) is 0 Å². The van der Waals surface area contributed by atoms with Crippen LogP contribution >= 0.6 is 11.6 Å². The van der Waals surface area contributed by atoms with Gasteiger partial charge >= 0.3 is 0 Å². The summed E-state index contributed by atoms with van der Waals surface area (Å²) < 4.78 is 0. The zero-order chi connectivity index (χ0) is 10.1. The molecule has 0 saturated heterocycles. The summed E-state index contributed by atoms with van der Waals surface area (Å²) in [6.07, 6.45) is 1.49. The highest BCUT2D eigenvalue weighted by Crippen LogP contribution is 2.24. The van der Waals surface area contributed by atoms with E-state index in [-0.39, 0.29) is 5.91 Å². The van der Waals surface area contributed by atoms with Crippen molar-refractivity contribution in [3.63, 3.8) is 0 Å². The number of hydrogen-bond donors (Lipinski definition) is 2. The predicted octanol–water partition coefficient (Wildman–Crippen LogP) is 1.55. The lowest BCUT2D eigenvalue weighted by Gasteiger charge is -2.07. The number of carbonyl (C=O) groups is 1. The fourth-order valence-corrected chi connectivity index (χ4v) is 1.72. The van der Waals surface area contributed by atoms with Gasteiger partial charge in [-0.1, -0.05) is 17.7 Å². The molecule has 1 aromatic rings. The Morgan fingerprint density at radius 2 is 2.29 bits per heavy atom. The van der Waals surface area contributed by atoms with E-state index in [1.165, 1.54) is 0 Å². The molecule has 1 heterocycles. The van der Waals surface area contributed by atoms with Crippen LogP contribution in [0.15, 0.2) is 18.2 Å². The van der Waals surface area contributed by atoms with Crippen LogP contribution in [0.25, 0.3) is 0 Å². The van der Waals surface area contributed by atoms with Gasteiger partial charge in [-0.05, 0) is 30.5 Å². The number of hydrogen-bond acceptors (Lipinski definition) is 2. The maximum absolute atomic E-state index is 11.4. The van der Waals surface area contributed by atoms with Gasteiger partial charge in [-0.2, -0.15) is 0 Å². The van der Waals surface area contributed by atoms with E-state index in [0.717, 1.165) is 17.7 Å². The van der Waals surface area contributed by atoms with E-state index in [4.69, 9.17) is 17.3 Å². The second kappa shape index (κ2) is 3.59. The Morgan fingerprint density at radius 3 is 3.07 bits per heavy atom. The van der Waals surface area contributed by atoms with E-state index in [1.54, 1.807) is 6.07 Å². The average Bonchev–Trinajstić information content (AvgIpc) is 2.27. The number of rotatable bonds is 0. The molecular formula is C10H11ClN2O. The Hall–Kier alpha value is -1.06. The Kier molecular flexibility index (Phi) is 2.44. The SMILES string of the molecule is NC1CCc2ccc(Cl)cc2NC1=O. The molecule has 1 amide bonds. The summed E-state index contributed by atoms with van der Waals surface area (Å²) in [5, 5.41) is 3.39. The van der Waals surface area contributed by atoms with Crippen molar-refractivity contribution in [1.82, 2.24) is 0 Å². The maximum atomic E-state index is 11.4.